The van der Waals surface area contributed by atoms with Gasteiger partial charge in [0.05, 0.1) is 6.10 Å². The minimum Gasteiger partial charge on any atom is -0.480 e. The molecule has 17 heavy (non-hydrogen) atoms. The van der Waals surface area contributed by atoms with Crippen molar-refractivity contribution < 1.29 is 19.4 Å². The third-order valence-corrected chi connectivity index (χ3v) is 2.52. The van der Waals surface area contributed by atoms with Crippen LogP contribution in [0.3, 0.4) is 0 Å². The summed E-state index contributed by atoms with van der Waals surface area (Å²) in [4.78, 5) is 22.2. The van der Waals surface area contributed by atoms with Crippen molar-refractivity contribution in [3.05, 3.63) is 12.7 Å². The second-order valence-electron chi connectivity index (χ2n) is 3.90. The first-order chi connectivity index (χ1) is 8.13. The van der Waals surface area contributed by atoms with Crippen LogP contribution < -0.4 is 10.6 Å². The van der Waals surface area contributed by atoms with Crippen molar-refractivity contribution in [3.8, 4) is 0 Å². The number of rotatable bonds is 6. The lowest BCUT2D eigenvalue weighted by atomic mass is 10.2. The van der Waals surface area contributed by atoms with Gasteiger partial charge in [-0.15, -0.1) is 6.58 Å². The normalized spacial score (nSPS) is 20.6. The summed E-state index contributed by atoms with van der Waals surface area (Å²) in [6.07, 6.45) is 3.63. The molecule has 1 rings (SSSR count). The van der Waals surface area contributed by atoms with Crippen LogP contribution >= 0.6 is 0 Å². The van der Waals surface area contributed by atoms with Gasteiger partial charge in [-0.2, -0.15) is 0 Å². The Balaban J connectivity index is 2.26. The zero-order chi connectivity index (χ0) is 12.7. The minimum atomic E-state index is -1.07. The van der Waals surface area contributed by atoms with E-state index in [-0.39, 0.29) is 12.5 Å². The largest absolute Gasteiger partial charge is 0.480 e. The number of hydrogen-bond acceptors (Lipinski definition) is 3. The highest BCUT2D eigenvalue weighted by molar-refractivity contribution is 5.82. The van der Waals surface area contributed by atoms with Crippen LogP contribution in [0.4, 0.5) is 4.79 Å². The van der Waals surface area contributed by atoms with Crippen molar-refractivity contribution in [2.45, 2.75) is 31.4 Å². The highest BCUT2D eigenvalue weighted by atomic mass is 16.5. The van der Waals surface area contributed by atoms with E-state index < -0.39 is 18.0 Å². The highest BCUT2D eigenvalue weighted by Crippen LogP contribution is 2.10. The average molecular weight is 242 g/mol. The third-order valence-electron chi connectivity index (χ3n) is 2.52. The summed E-state index contributed by atoms with van der Waals surface area (Å²) in [5.41, 5.74) is 0. The van der Waals surface area contributed by atoms with E-state index in [0.717, 1.165) is 19.4 Å². The summed E-state index contributed by atoms with van der Waals surface area (Å²) in [6.45, 7) is 4.58. The Hall–Kier alpha value is -1.56. The Labute approximate surface area is 100 Å². The van der Waals surface area contributed by atoms with Crippen molar-refractivity contribution in [1.29, 1.82) is 0 Å². The van der Waals surface area contributed by atoms with E-state index in [4.69, 9.17) is 9.84 Å². The van der Waals surface area contributed by atoms with Crippen molar-refractivity contribution in [2.24, 2.45) is 0 Å². The maximum absolute atomic E-state index is 11.4. The summed E-state index contributed by atoms with van der Waals surface area (Å²) >= 11 is 0. The van der Waals surface area contributed by atoms with Crippen LogP contribution in [0.5, 0.6) is 0 Å². The molecule has 0 aromatic heterocycles. The van der Waals surface area contributed by atoms with Gasteiger partial charge in [0.1, 0.15) is 6.04 Å². The van der Waals surface area contributed by atoms with Crippen LogP contribution in [0.2, 0.25) is 0 Å². The molecular weight excluding hydrogens is 224 g/mol. The molecule has 96 valence electrons. The van der Waals surface area contributed by atoms with Gasteiger partial charge in [0.2, 0.25) is 0 Å². The molecule has 2 unspecified atom stereocenters. The number of aliphatic carboxylic acids is 1. The van der Waals surface area contributed by atoms with Gasteiger partial charge in [-0.3, -0.25) is 0 Å². The molecule has 6 heteroatoms. The fraction of sp³-hybridized carbons (Fsp3) is 0.636. The Bertz CT molecular complexity index is 287. The quantitative estimate of drug-likeness (QED) is 0.592. The van der Waals surface area contributed by atoms with E-state index in [2.05, 4.69) is 17.2 Å². The van der Waals surface area contributed by atoms with Crippen LogP contribution in [-0.2, 0) is 9.53 Å². The minimum absolute atomic E-state index is 0.0448. The van der Waals surface area contributed by atoms with Gasteiger partial charge in [-0.1, -0.05) is 6.08 Å². The molecule has 1 aliphatic heterocycles. The van der Waals surface area contributed by atoms with Gasteiger partial charge in [0.25, 0.3) is 0 Å². The van der Waals surface area contributed by atoms with Crippen molar-refractivity contribution in [3.63, 3.8) is 0 Å². The number of urea groups is 1. The monoisotopic (exact) mass is 242 g/mol. The number of amides is 2. The second-order valence-corrected chi connectivity index (χ2v) is 3.90. The first kappa shape index (κ1) is 13.5. The molecule has 2 atom stereocenters. The van der Waals surface area contributed by atoms with Crippen LogP contribution in [-0.4, -0.2) is 42.4 Å². The lowest BCUT2D eigenvalue weighted by Crippen LogP contribution is -2.47. The van der Waals surface area contributed by atoms with E-state index in [1.807, 2.05) is 0 Å². The fourth-order valence-electron chi connectivity index (χ4n) is 1.61. The summed E-state index contributed by atoms with van der Waals surface area (Å²) in [5.74, 6) is -1.07. The molecule has 2 amide bonds. The summed E-state index contributed by atoms with van der Waals surface area (Å²) in [7, 11) is 0. The molecule has 0 aromatic carbocycles. The third kappa shape index (κ3) is 4.86. The molecule has 1 fully saturated rings. The van der Waals surface area contributed by atoms with Gasteiger partial charge in [-0.05, 0) is 19.3 Å². The van der Waals surface area contributed by atoms with Crippen molar-refractivity contribution in [1.82, 2.24) is 10.6 Å². The molecule has 3 N–H and O–H groups in total. The Morgan fingerprint density at radius 1 is 1.59 bits per heavy atom. The van der Waals surface area contributed by atoms with E-state index in [1.165, 1.54) is 6.08 Å². The molecule has 6 nitrogen and oxygen atoms in total. The summed E-state index contributed by atoms with van der Waals surface area (Å²) in [6, 6.07) is -1.42. The van der Waals surface area contributed by atoms with Gasteiger partial charge in [-0.25, -0.2) is 9.59 Å². The SMILES string of the molecule is C=CCC(NC(=O)NCC1CCCO1)C(=O)O. The van der Waals surface area contributed by atoms with Gasteiger partial charge in [0.15, 0.2) is 0 Å². The number of carboxylic acids is 1. The molecule has 0 radical (unpaired) electrons. The highest BCUT2D eigenvalue weighted by Gasteiger charge is 2.20. The standard InChI is InChI=1S/C11H18N2O4/c1-2-4-9(10(14)15)13-11(16)12-7-8-5-3-6-17-8/h2,8-9H,1,3-7H2,(H,14,15)(H2,12,13,16). The molecule has 1 saturated heterocycles. The van der Waals surface area contributed by atoms with Crippen LogP contribution in [0.25, 0.3) is 0 Å². The topological polar surface area (TPSA) is 87.7 Å². The fourth-order valence-corrected chi connectivity index (χ4v) is 1.61. The van der Waals surface area contributed by atoms with Crippen molar-refractivity contribution in [2.75, 3.05) is 13.2 Å². The number of nitrogens with one attached hydrogen (secondary N) is 2. The molecule has 0 spiro atoms. The molecule has 0 bridgehead atoms. The number of carbonyl (C=O) groups is 2. The van der Waals surface area contributed by atoms with Gasteiger partial charge < -0.3 is 20.5 Å². The number of carbonyl (C=O) groups excluding carboxylic acids is 1. The van der Waals surface area contributed by atoms with Gasteiger partial charge in [0, 0.05) is 13.2 Å². The summed E-state index contributed by atoms with van der Waals surface area (Å²) in [5, 5.41) is 13.8. The molecule has 0 aliphatic carbocycles. The van der Waals surface area contributed by atoms with E-state index in [1.54, 1.807) is 0 Å². The molecule has 0 saturated carbocycles. The van der Waals surface area contributed by atoms with Crippen LogP contribution in [0.1, 0.15) is 19.3 Å². The zero-order valence-corrected chi connectivity index (χ0v) is 9.65. The molecule has 1 aliphatic rings. The Morgan fingerprint density at radius 3 is 2.88 bits per heavy atom. The average Bonchev–Trinajstić information content (AvgIpc) is 2.78. The lowest BCUT2D eigenvalue weighted by Gasteiger charge is -2.15. The molecule has 0 aromatic rings. The predicted octanol–water partition coefficient (Wildman–Crippen LogP) is 0.494. The lowest BCUT2D eigenvalue weighted by molar-refractivity contribution is -0.139. The maximum atomic E-state index is 11.4. The van der Waals surface area contributed by atoms with Crippen LogP contribution in [0, 0.1) is 0 Å². The number of hydrogen-bond donors (Lipinski definition) is 3. The van der Waals surface area contributed by atoms with E-state index >= 15 is 0 Å². The maximum Gasteiger partial charge on any atom is 0.326 e. The number of carboxylic acid groups (broad SMARTS) is 1. The first-order valence-corrected chi connectivity index (χ1v) is 5.63. The van der Waals surface area contributed by atoms with Gasteiger partial charge >= 0.3 is 12.0 Å². The predicted molar refractivity (Wildman–Crippen MR) is 61.7 cm³/mol. The molecule has 1 heterocycles. The van der Waals surface area contributed by atoms with Crippen molar-refractivity contribution >= 4 is 12.0 Å². The first-order valence-electron chi connectivity index (χ1n) is 5.63. The Kier molecular flexibility index (Phi) is 5.48. The van der Waals surface area contributed by atoms with E-state index in [0.29, 0.717) is 6.54 Å². The second kappa shape index (κ2) is 6.90. The number of ether oxygens (including phenoxy) is 1. The van der Waals surface area contributed by atoms with Crippen LogP contribution in [0.15, 0.2) is 12.7 Å². The van der Waals surface area contributed by atoms with E-state index in [9.17, 15) is 9.59 Å². The smallest absolute Gasteiger partial charge is 0.326 e. The molecular formula is C11H18N2O4. The summed E-state index contributed by atoms with van der Waals surface area (Å²) < 4.78 is 5.33. The Morgan fingerprint density at radius 2 is 2.35 bits per heavy atom. The zero-order valence-electron chi connectivity index (χ0n) is 9.65.